The summed E-state index contributed by atoms with van der Waals surface area (Å²) in [5, 5.41) is 2.65. The van der Waals surface area contributed by atoms with Gasteiger partial charge >= 0.3 is 0 Å². The summed E-state index contributed by atoms with van der Waals surface area (Å²) in [7, 11) is -3.51. The number of piperidine rings is 1. The van der Waals surface area contributed by atoms with Gasteiger partial charge in [-0.05, 0) is 88.4 Å². The molecule has 52 heavy (non-hydrogen) atoms. The van der Waals surface area contributed by atoms with Crippen molar-refractivity contribution in [3.63, 3.8) is 0 Å². The first-order valence-corrected chi connectivity index (χ1v) is 21.6. The van der Waals surface area contributed by atoms with Gasteiger partial charge in [0.05, 0.1) is 16.5 Å². The Hall–Kier alpha value is -2.24. The van der Waals surface area contributed by atoms with Gasteiger partial charge in [0.15, 0.2) is 15.6 Å². The van der Waals surface area contributed by atoms with Gasteiger partial charge in [0.25, 0.3) is 5.91 Å². The summed E-state index contributed by atoms with van der Waals surface area (Å²) in [6, 6.07) is -0.965. The maximum absolute atomic E-state index is 15.1. The number of carbonyl (C=O) groups excluding carboxylic acids is 5. The molecule has 5 atom stereocenters. The van der Waals surface area contributed by atoms with Crippen LogP contribution in [0, 0.1) is 34.5 Å². The highest BCUT2D eigenvalue weighted by molar-refractivity contribution is 7.92. The Bertz CT molecular complexity index is 1490. The molecular formula is C40H62F2N2O7S. The molecule has 2 heterocycles. The van der Waals surface area contributed by atoms with Crippen molar-refractivity contribution >= 4 is 39.0 Å². The molecule has 3 saturated carbocycles. The van der Waals surface area contributed by atoms with Crippen LogP contribution in [0.5, 0.6) is 0 Å². The summed E-state index contributed by atoms with van der Waals surface area (Å²) >= 11 is 0. The number of hydrogen-bond donors (Lipinski definition) is 1. The number of carbonyl (C=O) groups is 5. The van der Waals surface area contributed by atoms with Gasteiger partial charge in [0.2, 0.25) is 17.6 Å². The third-order valence-electron chi connectivity index (χ3n) is 13.2. The molecule has 5 rings (SSSR count). The van der Waals surface area contributed by atoms with E-state index in [1.54, 1.807) is 25.7 Å². The molecule has 12 heteroatoms. The molecule has 0 aromatic rings. The zero-order valence-corrected chi connectivity index (χ0v) is 32.9. The van der Waals surface area contributed by atoms with Crippen molar-refractivity contribution in [1.29, 1.82) is 0 Å². The second-order valence-electron chi connectivity index (χ2n) is 18.8. The molecule has 5 aliphatic rings. The molecule has 0 unspecified atom stereocenters. The SMILES string of the molecule is CC1(C)[C@@H]2[C@H]3C(=O)C[C@H](C(=O)C(=O)NC4CC4)CCC(F)(F)CCCCCC[C@H](CC(=O)CC4(CS(=O)(=O)C(C)(C)C)CCCCC4)C(=O)N3C[C@@H]21. The molecule has 3 aliphatic carbocycles. The lowest BCUT2D eigenvalue weighted by molar-refractivity contribution is -0.146. The molecule has 0 aromatic carbocycles. The summed E-state index contributed by atoms with van der Waals surface area (Å²) in [6.07, 6.45) is 6.11. The predicted molar refractivity (Wildman–Crippen MR) is 194 cm³/mol. The fourth-order valence-corrected chi connectivity index (χ4v) is 11.1. The normalized spacial score (nSPS) is 31.3. The van der Waals surface area contributed by atoms with E-state index in [-0.39, 0.29) is 72.8 Å². The molecule has 294 valence electrons. The Kier molecular flexibility index (Phi) is 12.2. The van der Waals surface area contributed by atoms with Gasteiger partial charge in [-0.3, -0.25) is 24.0 Å². The van der Waals surface area contributed by atoms with E-state index in [0.717, 1.165) is 32.1 Å². The first kappa shape index (κ1) is 40.9. The van der Waals surface area contributed by atoms with Crippen LogP contribution >= 0.6 is 0 Å². The van der Waals surface area contributed by atoms with E-state index in [0.29, 0.717) is 45.1 Å². The number of nitrogens with zero attached hydrogens (tertiary/aromatic N) is 1. The van der Waals surface area contributed by atoms with E-state index < -0.39 is 74.1 Å². The number of ketones is 3. The number of Topliss-reactive ketones (excluding diaryl/α,β-unsaturated/α-hetero) is 3. The fraction of sp³-hybridized carbons (Fsp3) is 0.875. The van der Waals surface area contributed by atoms with Crippen LogP contribution in [-0.2, 0) is 33.8 Å². The zero-order chi connectivity index (χ0) is 38.3. The maximum Gasteiger partial charge on any atom is 0.287 e. The number of amides is 2. The van der Waals surface area contributed by atoms with Crippen molar-refractivity contribution in [1.82, 2.24) is 10.2 Å². The number of hydrogen-bond acceptors (Lipinski definition) is 7. The molecule has 5 fully saturated rings. The van der Waals surface area contributed by atoms with Crippen molar-refractivity contribution in [2.75, 3.05) is 12.3 Å². The molecule has 0 aromatic heterocycles. The first-order valence-electron chi connectivity index (χ1n) is 20.0. The summed E-state index contributed by atoms with van der Waals surface area (Å²) in [5.41, 5.74) is -0.912. The molecule has 0 spiro atoms. The van der Waals surface area contributed by atoms with Gasteiger partial charge < -0.3 is 10.2 Å². The van der Waals surface area contributed by atoms with Crippen LogP contribution in [0.25, 0.3) is 0 Å². The number of rotatable bonds is 9. The smallest absolute Gasteiger partial charge is 0.287 e. The summed E-state index contributed by atoms with van der Waals surface area (Å²) in [4.78, 5) is 70.6. The lowest BCUT2D eigenvalue weighted by Gasteiger charge is -2.39. The summed E-state index contributed by atoms with van der Waals surface area (Å²) < 4.78 is 56.0. The van der Waals surface area contributed by atoms with Gasteiger partial charge in [0, 0.05) is 56.5 Å². The monoisotopic (exact) mass is 752 g/mol. The van der Waals surface area contributed by atoms with E-state index >= 15 is 8.78 Å². The standard InChI is InChI=1S/C40H62F2N2O7S/c1-37(2,3)52(50,51)25-39(17-10-8-11-18-39)23-29(45)21-27-13-9-6-7-12-19-40(41,42)20-16-26(34(47)35(48)43-28-14-15-28)22-31(46)33-32-30(38(32,4)5)24-44(33)36(27)49/h26-28,30,32-33H,6-25H2,1-5H3,(H,43,48)/t26-,27-,30+,32+,33-/m1/s1. The number of nitrogens with one attached hydrogen (secondary N) is 1. The van der Waals surface area contributed by atoms with E-state index in [4.69, 9.17) is 0 Å². The molecule has 9 nitrogen and oxygen atoms in total. The number of fused-ring (bicyclic) bond motifs is 3. The van der Waals surface area contributed by atoms with Gasteiger partial charge in [-0.1, -0.05) is 52.4 Å². The van der Waals surface area contributed by atoms with Gasteiger partial charge in [0.1, 0.15) is 5.78 Å². The van der Waals surface area contributed by atoms with E-state index in [9.17, 15) is 32.4 Å². The molecule has 1 N–H and O–H groups in total. The van der Waals surface area contributed by atoms with Gasteiger partial charge in [-0.15, -0.1) is 0 Å². The topological polar surface area (TPSA) is 135 Å². The summed E-state index contributed by atoms with van der Waals surface area (Å²) in [6.45, 7) is 9.46. The van der Waals surface area contributed by atoms with Crippen LogP contribution in [0.3, 0.4) is 0 Å². The molecule has 0 radical (unpaired) electrons. The Morgan fingerprint density at radius 1 is 0.865 bits per heavy atom. The van der Waals surface area contributed by atoms with Crippen LogP contribution in [0.4, 0.5) is 8.78 Å². The van der Waals surface area contributed by atoms with Crippen molar-refractivity contribution in [3.05, 3.63) is 0 Å². The average Bonchev–Trinajstić information content (AvgIpc) is 3.89. The van der Waals surface area contributed by atoms with Crippen molar-refractivity contribution in [2.45, 2.75) is 173 Å². The van der Waals surface area contributed by atoms with Crippen LogP contribution < -0.4 is 5.32 Å². The molecular weight excluding hydrogens is 691 g/mol. The van der Waals surface area contributed by atoms with E-state index in [1.807, 2.05) is 13.8 Å². The molecule has 2 aliphatic heterocycles. The van der Waals surface area contributed by atoms with Crippen molar-refractivity contribution < 1.29 is 41.2 Å². The quantitative estimate of drug-likeness (QED) is 0.256. The minimum atomic E-state index is -3.51. The highest BCUT2D eigenvalue weighted by atomic mass is 32.2. The molecule has 2 saturated heterocycles. The van der Waals surface area contributed by atoms with Crippen LogP contribution in [0.2, 0.25) is 0 Å². The Labute approximate surface area is 309 Å². The Morgan fingerprint density at radius 2 is 1.48 bits per heavy atom. The lowest BCUT2D eigenvalue weighted by atomic mass is 9.71. The second-order valence-corrected chi connectivity index (χ2v) is 21.5. The largest absolute Gasteiger partial charge is 0.347 e. The lowest BCUT2D eigenvalue weighted by Crippen LogP contribution is -2.49. The Morgan fingerprint density at radius 3 is 2.12 bits per heavy atom. The van der Waals surface area contributed by atoms with Crippen LogP contribution in [0.1, 0.15) is 150 Å². The number of halogens is 2. The Balaban J connectivity index is 1.39. The fourth-order valence-electron chi connectivity index (χ4n) is 9.49. The van der Waals surface area contributed by atoms with Gasteiger partial charge in [-0.25, -0.2) is 17.2 Å². The number of sulfone groups is 1. The highest BCUT2D eigenvalue weighted by Gasteiger charge is 2.69. The first-order chi connectivity index (χ1) is 24.2. The highest BCUT2D eigenvalue weighted by Crippen LogP contribution is 2.65. The molecule has 0 bridgehead atoms. The summed E-state index contributed by atoms with van der Waals surface area (Å²) in [5.74, 6) is -7.68. The predicted octanol–water partition coefficient (Wildman–Crippen LogP) is 6.79. The third-order valence-corrected chi connectivity index (χ3v) is 16.1. The number of alkyl halides is 2. The third kappa shape index (κ3) is 9.52. The molecule has 2 amide bonds. The van der Waals surface area contributed by atoms with Crippen LogP contribution in [0.15, 0.2) is 0 Å². The zero-order valence-electron chi connectivity index (χ0n) is 32.1. The van der Waals surface area contributed by atoms with Crippen molar-refractivity contribution in [3.8, 4) is 0 Å². The van der Waals surface area contributed by atoms with Gasteiger partial charge in [-0.2, -0.15) is 0 Å². The van der Waals surface area contributed by atoms with Crippen LogP contribution in [-0.4, -0.2) is 77.5 Å². The van der Waals surface area contributed by atoms with E-state index in [1.165, 1.54) is 0 Å². The average molecular weight is 753 g/mol. The minimum absolute atomic E-state index is 0.0496. The van der Waals surface area contributed by atoms with E-state index in [2.05, 4.69) is 5.32 Å². The maximum atomic E-state index is 15.1. The minimum Gasteiger partial charge on any atom is -0.347 e. The second kappa shape index (κ2) is 15.5. The van der Waals surface area contributed by atoms with Crippen molar-refractivity contribution in [2.24, 2.45) is 34.5 Å².